The smallest absolute Gasteiger partial charge is 0.305 e. The molecule has 434 valence electrons. The molecule has 0 aliphatic carbocycles. The van der Waals surface area contributed by atoms with Crippen LogP contribution < -0.4 is 0 Å². The SMILES string of the molecule is C.CCCCCCCC/C=C\CCCCCCCC(=O)N(CCOC(=O)CCC)CCOC(=O)CCC.CCCCCCCC/C=C\CCCCCCCC(=O)N(CCOC(=O)CCC)CCOC(=O)CCCC. The summed E-state index contributed by atoms with van der Waals surface area (Å²) in [6.07, 6.45) is 47.6. The molecule has 0 N–H and O–H groups in total. The summed E-state index contributed by atoms with van der Waals surface area (Å²) in [5.74, 6) is -0.869. The Morgan fingerprint density at radius 3 is 0.797 bits per heavy atom. The molecule has 0 aliphatic rings. The van der Waals surface area contributed by atoms with Gasteiger partial charge in [0.1, 0.15) is 26.4 Å². The Labute approximate surface area is 455 Å². The highest BCUT2D eigenvalue weighted by Gasteiger charge is 2.17. The molecule has 0 spiro atoms. The van der Waals surface area contributed by atoms with Crippen molar-refractivity contribution in [1.82, 2.24) is 9.80 Å². The zero-order chi connectivity index (χ0) is 54.1. The van der Waals surface area contributed by atoms with Crippen LogP contribution in [-0.2, 0) is 47.7 Å². The zero-order valence-electron chi connectivity index (χ0n) is 48.1. The quantitative estimate of drug-likeness (QED) is 0.0250. The maximum Gasteiger partial charge on any atom is 0.305 e. The minimum atomic E-state index is -0.239. The number of rotatable bonds is 51. The molecular weight excluding hydrogens is 933 g/mol. The Kier molecular flexibility index (Phi) is 60.6. The second-order valence-electron chi connectivity index (χ2n) is 19.7. The molecule has 0 aromatic rings. The highest BCUT2D eigenvalue weighted by atomic mass is 16.5. The molecule has 12 heteroatoms. The van der Waals surface area contributed by atoms with E-state index in [4.69, 9.17) is 18.9 Å². The summed E-state index contributed by atoms with van der Waals surface area (Å²) >= 11 is 0. The first kappa shape index (κ1) is 74.5. The molecule has 0 saturated heterocycles. The fourth-order valence-corrected chi connectivity index (χ4v) is 8.03. The first-order chi connectivity index (χ1) is 35.6. The first-order valence-corrected chi connectivity index (χ1v) is 30.1. The van der Waals surface area contributed by atoms with Gasteiger partial charge in [0.05, 0.1) is 26.2 Å². The van der Waals surface area contributed by atoms with Crippen molar-refractivity contribution in [2.45, 2.75) is 287 Å². The second-order valence-corrected chi connectivity index (χ2v) is 19.7. The monoisotopic (exact) mass is 1050 g/mol. The van der Waals surface area contributed by atoms with Crippen LogP contribution >= 0.6 is 0 Å². The fourth-order valence-electron chi connectivity index (χ4n) is 8.03. The maximum absolute atomic E-state index is 12.8. The van der Waals surface area contributed by atoms with Gasteiger partial charge in [-0.25, -0.2) is 0 Å². The minimum Gasteiger partial charge on any atom is -0.464 e. The van der Waals surface area contributed by atoms with Gasteiger partial charge in [-0.2, -0.15) is 0 Å². The van der Waals surface area contributed by atoms with E-state index in [1.54, 1.807) is 9.80 Å². The Morgan fingerprint density at radius 2 is 0.527 bits per heavy atom. The lowest BCUT2D eigenvalue weighted by atomic mass is 10.1. The molecule has 2 amide bonds. The number of unbranched alkanes of at least 4 members (excludes halogenated alkanes) is 23. The average Bonchev–Trinajstić information content (AvgIpc) is 3.37. The van der Waals surface area contributed by atoms with Crippen LogP contribution in [0.2, 0.25) is 0 Å². The number of carbonyl (C=O) groups is 6. The zero-order valence-corrected chi connectivity index (χ0v) is 48.1. The summed E-state index contributed by atoms with van der Waals surface area (Å²) < 4.78 is 20.9. The molecule has 0 rings (SSSR count). The Hall–Kier alpha value is -3.70. The molecule has 0 unspecified atom stereocenters. The topological polar surface area (TPSA) is 146 Å². The fraction of sp³-hybridized carbons (Fsp3) is 0.839. The van der Waals surface area contributed by atoms with E-state index in [-0.39, 0.29) is 69.5 Å². The van der Waals surface area contributed by atoms with E-state index >= 15 is 0 Å². The Bertz CT molecular complexity index is 1340. The van der Waals surface area contributed by atoms with Crippen LogP contribution in [0.4, 0.5) is 0 Å². The predicted octanol–water partition coefficient (Wildman–Crippen LogP) is 16.1. The van der Waals surface area contributed by atoms with Gasteiger partial charge in [-0.15, -0.1) is 0 Å². The molecule has 0 radical (unpaired) electrons. The van der Waals surface area contributed by atoms with E-state index in [9.17, 15) is 28.8 Å². The van der Waals surface area contributed by atoms with Gasteiger partial charge in [-0.05, 0) is 89.9 Å². The number of amides is 2. The van der Waals surface area contributed by atoms with Gasteiger partial charge < -0.3 is 28.7 Å². The van der Waals surface area contributed by atoms with Crippen molar-refractivity contribution in [1.29, 1.82) is 0 Å². The van der Waals surface area contributed by atoms with Crippen LogP contribution in [0.5, 0.6) is 0 Å². The van der Waals surface area contributed by atoms with E-state index < -0.39 is 0 Å². The van der Waals surface area contributed by atoms with E-state index in [1.807, 2.05) is 27.7 Å². The number of nitrogens with zero attached hydrogens (tertiary/aromatic N) is 2. The standard InChI is InChI=1S/C31H57NO5.C30H55NO5.CH4/c1-4-7-9-10-11-12-13-14-15-16-17-18-19-20-21-23-29(33)32(25-27-36-30(34)22-6-3)26-28-37-31(35)24-8-5-2;1-4-7-8-9-10-11-12-13-14-15-16-17-18-19-20-23-28(32)31(24-26-35-29(33)21-5-2)25-27-36-30(34)22-6-3;/h14-15H,4-13,16-28H2,1-3H3;13-14H,4-12,15-27H2,1-3H3;1H4/b15-14-;14-13-;. The van der Waals surface area contributed by atoms with Crippen molar-refractivity contribution in [3.8, 4) is 0 Å². The Morgan fingerprint density at radius 1 is 0.284 bits per heavy atom. The third-order valence-corrected chi connectivity index (χ3v) is 12.6. The van der Waals surface area contributed by atoms with E-state index in [0.717, 1.165) is 83.5 Å². The third kappa shape index (κ3) is 54.6. The van der Waals surface area contributed by atoms with Gasteiger partial charge in [0.15, 0.2) is 0 Å². The van der Waals surface area contributed by atoms with Crippen molar-refractivity contribution < 1.29 is 47.7 Å². The van der Waals surface area contributed by atoms with Crippen LogP contribution in [-0.4, -0.2) is 98.1 Å². The van der Waals surface area contributed by atoms with Crippen LogP contribution in [0.25, 0.3) is 0 Å². The van der Waals surface area contributed by atoms with Crippen LogP contribution in [0.3, 0.4) is 0 Å². The molecule has 0 heterocycles. The molecule has 0 aromatic carbocycles. The van der Waals surface area contributed by atoms with Crippen molar-refractivity contribution in [3.63, 3.8) is 0 Å². The highest BCUT2D eigenvalue weighted by Crippen LogP contribution is 2.13. The number of hydrogen-bond acceptors (Lipinski definition) is 10. The number of esters is 4. The molecule has 0 fully saturated rings. The summed E-state index contributed by atoms with van der Waals surface area (Å²) in [6.45, 7) is 14.4. The summed E-state index contributed by atoms with van der Waals surface area (Å²) in [5.41, 5.74) is 0. The molecule has 0 bridgehead atoms. The summed E-state index contributed by atoms with van der Waals surface area (Å²) in [7, 11) is 0. The van der Waals surface area contributed by atoms with E-state index in [2.05, 4.69) is 38.2 Å². The molecule has 0 saturated carbocycles. The lowest BCUT2D eigenvalue weighted by molar-refractivity contribution is -0.148. The summed E-state index contributed by atoms with van der Waals surface area (Å²) in [6, 6.07) is 0. The number of allylic oxidation sites excluding steroid dienone is 4. The van der Waals surface area contributed by atoms with Crippen LogP contribution in [0.1, 0.15) is 287 Å². The largest absolute Gasteiger partial charge is 0.464 e. The first-order valence-electron chi connectivity index (χ1n) is 30.1. The van der Waals surface area contributed by atoms with Gasteiger partial charge in [0, 0.05) is 38.5 Å². The lowest BCUT2D eigenvalue weighted by Crippen LogP contribution is -2.37. The maximum atomic E-state index is 12.8. The number of carbonyl (C=O) groups excluding carboxylic acids is 6. The molecule has 0 aromatic heterocycles. The van der Waals surface area contributed by atoms with Crippen molar-refractivity contribution >= 4 is 35.7 Å². The van der Waals surface area contributed by atoms with Crippen LogP contribution in [0, 0.1) is 0 Å². The molecule has 0 aliphatic heterocycles. The molecular formula is C62H116N2O10. The molecule has 12 nitrogen and oxygen atoms in total. The van der Waals surface area contributed by atoms with Gasteiger partial charge in [0.25, 0.3) is 0 Å². The number of hydrogen-bond donors (Lipinski definition) is 0. The van der Waals surface area contributed by atoms with Gasteiger partial charge in [-0.3, -0.25) is 28.8 Å². The minimum absolute atomic E-state index is 0. The van der Waals surface area contributed by atoms with Gasteiger partial charge in [-0.1, -0.05) is 182 Å². The summed E-state index contributed by atoms with van der Waals surface area (Å²) in [5, 5.41) is 0. The lowest BCUT2D eigenvalue weighted by Gasteiger charge is -2.22. The third-order valence-electron chi connectivity index (χ3n) is 12.6. The predicted molar refractivity (Wildman–Crippen MR) is 307 cm³/mol. The van der Waals surface area contributed by atoms with Crippen molar-refractivity contribution in [2.75, 3.05) is 52.6 Å². The normalized spacial score (nSPS) is 10.9. The van der Waals surface area contributed by atoms with Crippen molar-refractivity contribution in [2.24, 2.45) is 0 Å². The summed E-state index contributed by atoms with van der Waals surface area (Å²) in [4.78, 5) is 75.4. The van der Waals surface area contributed by atoms with Gasteiger partial charge in [0.2, 0.25) is 11.8 Å². The average molecular weight is 1050 g/mol. The van der Waals surface area contributed by atoms with Gasteiger partial charge >= 0.3 is 23.9 Å². The Balaban J connectivity index is -0.00000134. The molecule has 0 atom stereocenters. The second kappa shape index (κ2) is 60.2. The highest BCUT2D eigenvalue weighted by molar-refractivity contribution is 5.77. The number of ether oxygens (including phenoxy) is 4. The van der Waals surface area contributed by atoms with Crippen molar-refractivity contribution in [3.05, 3.63) is 24.3 Å². The van der Waals surface area contributed by atoms with E-state index in [1.165, 1.54) is 116 Å². The van der Waals surface area contributed by atoms with Crippen LogP contribution in [0.15, 0.2) is 24.3 Å². The van der Waals surface area contributed by atoms with E-state index in [0.29, 0.717) is 64.7 Å². The molecule has 74 heavy (non-hydrogen) atoms.